The van der Waals surface area contributed by atoms with Gasteiger partial charge in [-0.15, -0.1) is 16.8 Å². The molecule has 1 saturated carbocycles. The number of aryl methyl sites for hydroxylation is 1. The number of anilines is 1. The molecule has 73 heavy (non-hydrogen) atoms. The number of rotatable bonds is 14. The van der Waals surface area contributed by atoms with Crippen LogP contribution in [0, 0.1) is 30.6 Å². The number of allylic oxidation sites excluding steroid dienone is 3. The summed E-state index contributed by atoms with van der Waals surface area (Å²) in [4.78, 5) is 124. The fraction of sp³-hybridized carbons (Fsp3) is 0.627. The Hall–Kier alpha value is -5.51. The zero-order valence-electron chi connectivity index (χ0n) is 42.6. The number of carboxylic acids is 1. The number of amides is 6. The third-order valence-electron chi connectivity index (χ3n) is 14.9. The number of fused-ring (bicyclic) bond motifs is 5. The Morgan fingerprint density at radius 2 is 1.71 bits per heavy atom. The smallest absolute Gasteiger partial charge is 0.409 e. The fourth-order valence-electron chi connectivity index (χ4n) is 9.79. The Morgan fingerprint density at radius 1 is 1.04 bits per heavy atom. The Morgan fingerprint density at radius 3 is 2.37 bits per heavy atom. The minimum absolute atomic E-state index is 0.00257. The molecule has 400 valence electrons. The SMILES string of the molecule is C/C1=C\C=C\C(C)C2(O)CC(OC(=O)N2)C(C)C2OC2(C)C(OC(=O)C(C)N(C)C(=O)CCSC(CC(=O)O)C(=O)NCC2CCC(C(=O)ON3C(=O)CCC3=O)CC2)CC(=O)N(C)c2cc(cc(C)c2Cl)C1. The first-order valence-corrected chi connectivity index (χ1v) is 26.2. The number of hydrogen-bond acceptors (Lipinski definition) is 15. The molecular formula is C51H68ClN5O15S. The molecule has 5 aliphatic rings. The van der Waals surface area contributed by atoms with Crippen molar-refractivity contribution in [2.24, 2.45) is 23.7 Å². The lowest BCUT2D eigenvalue weighted by Crippen LogP contribution is -2.60. The lowest BCUT2D eigenvalue weighted by Gasteiger charge is -2.41. The van der Waals surface area contributed by atoms with Crippen LogP contribution in [0.4, 0.5) is 10.5 Å². The molecule has 0 spiro atoms. The predicted molar refractivity (Wildman–Crippen MR) is 266 cm³/mol. The van der Waals surface area contributed by atoms with Crippen LogP contribution in [0.25, 0.3) is 0 Å². The first-order chi connectivity index (χ1) is 34.3. The minimum Gasteiger partial charge on any atom is -0.481 e. The van der Waals surface area contributed by atoms with Gasteiger partial charge >= 0.3 is 24.0 Å². The summed E-state index contributed by atoms with van der Waals surface area (Å²) in [6, 6.07) is 2.58. The topological polar surface area (TPSA) is 268 Å². The van der Waals surface area contributed by atoms with Gasteiger partial charge in [0.15, 0.2) is 0 Å². The lowest BCUT2D eigenvalue weighted by atomic mass is 9.82. The number of likely N-dealkylation sites (N-methyl/N-ethyl adjacent to an activating group) is 1. The molecule has 6 rings (SSSR count). The molecule has 3 saturated heterocycles. The molecule has 9 atom stereocenters. The highest BCUT2D eigenvalue weighted by Crippen LogP contribution is 2.49. The van der Waals surface area contributed by atoms with E-state index in [2.05, 4.69) is 10.6 Å². The van der Waals surface area contributed by atoms with Gasteiger partial charge in [0.25, 0.3) is 11.8 Å². The zero-order valence-corrected chi connectivity index (χ0v) is 44.2. The average Bonchev–Trinajstić information content (AvgIpc) is 3.94. The fourth-order valence-corrected chi connectivity index (χ4v) is 11.1. The third kappa shape index (κ3) is 13.8. The second-order valence-electron chi connectivity index (χ2n) is 20.3. The summed E-state index contributed by atoms with van der Waals surface area (Å²) >= 11 is 7.80. The van der Waals surface area contributed by atoms with Crippen LogP contribution in [0.1, 0.15) is 110 Å². The molecule has 6 amide bonds. The Balaban J connectivity index is 1.09. The number of nitrogens with one attached hydrogen (secondary N) is 2. The van der Waals surface area contributed by atoms with E-state index < -0.39 is 119 Å². The Labute approximate surface area is 434 Å². The largest absolute Gasteiger partial charge is 0.481 e. The number of hydroxylamine groups is 2. The van der Waals surface area contributed by atoms with Gasteiger partial charge in [-0.2, -0.15) is 0 Å². The van der Waals surface area contributed by atoms with Crippen LogP contribution in [-0.4, -0.2) is 141 Å². The van der Waals surface area contributed by atoms with Gasteiger partial charge in [0.05, 0.1) is 40.8 Å². The van der Waals surface area contributed by atoms with Crippen LogP contribution in [0.5, 0.6) is 0 Å². The van der Waals surface area contributed by atoms with E-state index in [1.165, 1.54) is 23.8 Å². The minimum atomic E-state index is -1.67. The number of epoxide rings is 1. The molecular weight excluding hydrogens is 990 g/mol. The number of carbonyl (C=O) groups is 9. The van der Waals surface area contributed by atoms with Crippen molar-refractivity contribution in [1.29, 1.82) is 0 Å². The van der Waals surface area contributed by atoms with Crippen molar-refractivity contribution < 1.29 is 72.4 Å². The molecule has 4 N–H and O–H groups in total. The van der Waals surface area contributed by atoms with E-state index in [-0.39, 0.29) is 50.3 Å². The number of aliphatic hydroxyl groups is 1. The van der Waals surface area contributed by atoms with Gasteiger partial charge in [-0.1, -0.05) is 55.3 Å². The van der Waals surface area contributed by atoms with Crippen molar-refractivity contribution in [2.45, 2.75) is 153 Å². The maximum atomic E-state index is 14.3. The third-order valence-corrected chi connectivity index (χ3v) is 16.6. The van der Waals surface area contributed by atoms with Crippen LogP contribution in [0.15, 0.2) is 35.9 Å². The van der Waals surface area contributed by atoms with Crippen LogP contribution >= 0.6 is 23.4 Å². The normalized spacial score (nSPS) is 30.6. The van der Waals surface area contributed by atoms with Gasteiger partial charge in [-0.05, 0) is 82.9 Å². The molecule has 4 fully saturated rings. The van der Waals surface area contributed by atoms with Crippen LogP contribution < -0.4 is 15.5 Å². The number of carbonyl (C=O) groups excluding carboxylic acids is 8. The van der Waals surface area contributed by atoms with Crippen molar-refractivity contribution in [1.82, 2.24) is 20.6 Å². The highest BCUT2D eigenvalue weighted by molar-refractivity contribution is 8.00. The summed E-state index contributed by atoms with van der Waals surface area (Å²) in [5.74, 6) is -6.93. The number of nitrogens with zero attached hydrogens (tertiary/aromatic N) is 3. The Bertz CT molecular complexity index is 2390. The maximum absolute atomic E-state index is 14.3. The summed E-state index contributed by atoms with van der Waals surface area (Å²) in [7, 11) is 2.98. The molecule has 0 aromatic heterocycles. The molecule has 1 aromatic rings. The zero-order chi connectivity index (χ0) is 53.7. The van der Waals surface area contributed by atoms with Gasteiger partial charge in [-0.3, -0.25) is 34.1 Å². The monoisotopic (exact) mass is 1060 g/mol. The van der Waals surface area contributed by atoms with E-state index in [1.807, 2.05) is 38.1 Å². The van der Waals surface area contributed by atoms with Crippen LogP contribution in [0.3, 0.4) is 0 Å². The highest BCUT2D eigenvalue weighted by Gasteiger charge is 2.64. The number of benzene rings is 1. The average molecular weight is 1060 g/mol. The molecule has 0 radical (unpaired) electrons. The number of hydrogen-bond donors (Lipinski definition) is 4. The van der Waals surface area contributed by atoms with Crippen molar-refractivity contribution in [3.8, 4) is 0 Å². The molecule has 9 unspecified atom stereocenters. The number of carboxylic acid groups (broad SMARTS) is 1. The van der Waals surface area contributed by atoms with E-state index in [1.54, 1.807) is 33.9 Å². The van der Waals surface area contributed by atoms with Gasteiger partial charge in [0, 0.05) is 63.9 Å². The van der Waals surface area contributed by atoms with Crippen molar-refractivity contribution in [3.63, 3.8) is 0 Å². The van der Waals surface area contributed by atoms with Crippen molar-refractivity contribution in [2.75, 3.05) is 31.3 Å². The van der Waals surface area contributed by atoms with Gasteiger partial charge in [-0.25, -0.2) is 14.4 Å². The molecule has 4 aliphatic heterocycles. The standard InChI is InChI=1S/C51H68ClN5O15S/c1-27-10-9-11-29(3)51(68)25-36(69-49(67)54-51)30(4)45-50(6,71-45)38(24-42(61)56(8)35-22-33(20-27)21-28(2)44(35)52)70-47(65)31(5)55(7)39(58)18-19-73-37(23-43(62)63)46(64)53-26-32-12-14-34(15-13-32)48(66)72-57-40(59)16-17-41(57)60/h9-11,21-22,29-32,34,36-38,45,68H,12-20,23-26H2,1-8H3,(H,53,64)(H,54,67)(H,62,63)/b11-9+,27-10+. The lowest BCUT2D eigenvalue weighted by molar-refractivity contribution is -0.201. The number of thioether (sulfide) groups is 1. The second kappa shape index (κ2) is 23.8. The molecule has 20 nitrogen and oxygen atoms in total. The molecule has 22 heteroatoms. The highest BCUT2D eigenvalue weighted by atomic mass is 35.5. The number of ether oxygens (including phenoxy) is 3. The van der Waals surface area contributed by atoms with E-state index in [9.17, 15) is 53.4 Å². The quantitative estimate of drug-likeness (QED) is 0.109. The van der Waals surface area contributed by atoms with E-state index in [0.29, 0.717) is 47.9 Å². The summed E-state index contributed by atoms with van der Waals surface area (Å²) in [5.41, 5.74) is 0.0776. The predicted octanol–water partition coefficient (Wildman–Crippen LogP) is 4.93. The number of esters is 1. The van der Waals surface area contributed by atoms with Crippen LogP contribution in [0.2, 0.25) is 5.02 Å². The van der Waals surface area contributed by atoms with Crippen molar-refractivity contribution in [3.05, 3.63) is 52.1 Å². The molecule has 4 heterocycles. The van der Waals surface area contributed by atoms with Crippen LogP contribution in [-0.2, 0) is 63.8 Å². The van der Waals surface area contributed by atoms with Gasteiger partial charge < -0.3 is 44.4 Å². The number of aliphatic carboxylic acids is 1. The summed E-state index contributed by atoms with van der Waals surface area (Å²) in [6.45, 7) is 10.7. The number of imide groups is 1. The van der Waals surface area contributed by atoms with Crippen molar-refractivity contribution >= 4 is 82.6 Å². The Kier molecular flexibility index (Phi) is 18.5. The van der Waals surface area contributed by atoms with E-state index in [4.69, 9.17) is 30.6 Å². The first kappa shape index (κ1) is 56.8. The number of alkyl carbamates (subject to hydrolysis) is 1. The molecule has 1 aromatic carbocycles. The van der Waals surface area contributed by atoms with Gasteiger partial charge in [0.2, 0.25) is 17.7 Å². The maximum Gasteiger partial charge on any atom is 0.409 e. The first-order valence-electron chi connectivity index (χ1n) is 24.7. The van der Waals surface area contributed by atoms with E-state index >= 15 is 0 Å². The number of halogens is 1. The summed E-state index contributed by atoms with van der Waals surface area (Å²) < 4.78 is 18.1. The van der Waals surface area contributed by atoms with Gasteiger partial charge in [0.1, 0.15) is 29.6 Å². The summed E-state index contributed by atoms with van der Waals surface area (Å²) in [5, 5.41) is 26.6. The molecule has 1 aliphatic carbocycles. The summed E-state index contributed by atoms with van der Waals surface area (Å²) in [6.07, 6.45) is 3.30. The molecule has 4 bridgehead atoms. The second-order valence-corrected chi connectivity index (χ2v) is 22.0. The van der Waals surface area contributed by atoms with E-state index in [0.717, 1.165) is 28.5 Å².